The molecule has 0 fully saturated rings. The number of hydrogen-bond donors (Lipinski definition) is 0. The monoisotopic (exact) mass is 675 g/mol. The lowest BCUT2D eigenvalue weighted by atomic mass is 9.67. The fraction of sp³-hybridized carbons (Fsp3) is 0.0200. The summed E-state index contributed by atoms with van der Waals surface area (Å²) >= 11 is 0. The summed E-state index contributed by atoms with van der Waals surface area (Å²) in [7, 11) is 0. The second-order valence-corrected chi connectivity index (χ2v) is 13.6. The number of benzene rings is 8. The Hall–Kier alpha value is -6.97. The molecule has 3 heteroatoms. The summed E-state index contributed by atoms with van der Waals surface area (Å²) in [6.07, 6.45) is 0. The van der Waals surface area contributed by atoms with Gasteiger partial charge in [-0.05, 0) is 67.4 Å². The van der Waals surface area contributed by atoms with Crippen LogP contribution in [0.15, 0.2) is 200 Å². The highest BCUT2D eigenvalue weighted by Crippen LogP contribution is 2.57. The van der Waals surface area contributed by atoms with Crippen molar-refractivity contribution < 1.29 is 0 Å². The van der Waals surface area contributed by atoms with E-state index in [1.807, 2.05) is 60.7 Å². The van der Waals surface area contributed by atoms with Crippen LogP contribution in [-0.2, 0) is 5.41 Å². The second-order valence-electron chi connectivity index (χ2n) is 13.6. The van der Waals surface area contributed by atoms with E-state index in [0.29, 0.717) is 17.5 Å². The van der Waals surface area contributed by atoms with Crippen LogP contribution in [-0.4, -0.2) is 15.0 Å². The lowest BCUT2D eigenvalue weighted by Gasteiger charge is -2.34. The van der Waals surface area contributed by atoms with Crippen LogP contribution in [0, 0.1) is 0 Å². The molecule has 0 atom stereocenters. The first-order chi connectivity index (χ1) is 26.3. The molecule has 0 radical (unpaired) electrons. The molecule has 0 saturated carbocycles. The molecule has 0 spiro atoms. The number of aromatic nitrogens is 3. The quantitative estimate of drug-likeness (QED) is 0.176. The third-order valence-corrected chi connectivity index (χ3v) is 10.6. The van der Waals surface area contributed by atoms with Crippen LogP contribution in [0.4, 0.5) is 0 Å². The molecule has 1 aliphatic rings. The predicted octanol–water partition coefficient (Wildman–Crippen LogP) is 12.1. The minimum Gasteiger partial charge on any atom is -0.208 e. The first kappa shape index (κ1) is 30.8. The van der Waals surface area contributed by atoms with Gasteiger partial charge in [-0.1, -0.05) is 188 Å². The first-order valence-corrected chi connectivity index (χ1v) is 18.0. The van der Waals surface area contributed by atoms with Gasteiger partial charge in [0.1, 0.15) is 0 Å². The zero-order chi connectivity index (χ0) is 35.2. The number of hydrogen-bond acceptors (Lipinski definition) is 3. The van der Waals surface area contributed by atoms with Gasteiger partial charge in [0.05, 0.1) is 5.41 Å². The van der Waals surface area contributed by atoms with Crippen LogP contribution in [0.2, 0.25) is 0 Å². The Morgan fingerprint density at radius 1 is 0.302 bits per heavy atom. The Morgan fingerprint density at radius 3 is 1.32 bits per heavy atom. The molecule has 0 N–H and O–H groups in total. The fourth-order valence-corrected chi connectivity index (χ4v) is 8.20. The summed E-state index contributed by atoms with van der Waals surface area (Å²) in [6, 6.07) is 71.3. The summed E-state index contributed by atoms with van der Waals surface area (Å²) < 4.78 is 0. The zero-order valence-corrected chi connectivity index (χ0v) is 28.9. The molecule has 1 aliphatic carbocycles. The van der Waals surface area contributed by atoms with E-state index in [1.54, 1.807) is 0 Å². The maximum atomic E-state index is 4.95. The Bertz CT molecular complexity index is 2650. The smallest absolute Gasteiger partial charge is 0.164 e. The summed E-state index contributed by atoms with van der Waals surface area (Å²) in [5, 5.41) is 2.44. The molecule has 248 valence electrons. The Labute approximate surface area is 309 Å². The van der Waals surface area contributed by atoms with Crippen molar-refractivity contribution in [1.29, 1.82) is 0 Å². The van der Waals surface area contributed by atoms with Gasteiger partial charge >= 0.3 is 0 Å². The van der Waals surface area contributed by atoms with E-state index < -0.39 is 5.41 Å². The molecule has 0 amide bonds. The summed E-state index contributed by atoms with van der Waals surface area (Å²) in [5.74, 6) is 1.96. The van der Waals surface area contributed by atoms with E-state index in [1.165, 1.54) is 49.7 Å². The Kier molecular flexibility index (Phi) is 7.36. The van der Waals surface area contributed by atoms with Crippen LogP contribution in [0.5, 0.6) is 0 Å². The molecule has 8 aromatic carbocycles. The van der Waals surface area contributed by atoms with Gasteiger partial charge < -0.3 is 0 Å². The maximum absolute atomic E-state index is 4.95. The average molecular weight is 676 g/mol. The van der Waals surface area contributed by atoms with E-state index in [4.69, 9.17) is 15.0 Å². The number of nitrogens with zero attached hydrogens (tertiary/aromatic N) is 3. The average Bonchev–Trinajstić information content (AvgIpc) is 3.54. The molecule has 0 saturated heterocycles. The minimum absolute atomic E-state index is 0.429. The fourth-order valence-electron chi connectivity index (χ4n) is 8.20. The van der Waals surface area contributed by atoms with Crippen molar-refractivity contribution in [3.8, 4) is 56.4 Å². The molecule has 0 unspecified atom stereocenters. The molecular formula is C50H33N3. The highest BCUT2D eigenvalue weighted by molar-refractivity contribution is 6.03. The van der Waals surface area contributed by atoms with Gasteiger partial charge in [0.25, 0.3) is 0 Å². The summed E-state index contributed by atoms with van der Waals surface area (Å²) in [4.78, 5) is 14.8. The van der Waals surface area contributed by atoms with Crippen LogP contribution < -0.4 is 0 Å². The van der Waals surface area contributed by atoms with Gasteiger partial charge in [-0.25, -0.2) is 15.0 Å². The number of fused-ring (bicyclic) bond motifs is 4. The van der Waals surface area contributed by atoms with E-state index in [0.717, 1.165) is 22.3 Å². The van der Waals surface area contributed by atoms with E-state index in [2.05, 4.69) is 140 Å². The molecule has 0 aliphatic heterocycles. The van der Waals surface area contributed by atoms with E-state index in [-0.39, 0.29) is 0 Å². The van der Waals surface area contributed by atoms with Gasteiger partial charge in [-0.3, -0.25) is 0 Å². The molecule has 1 aromatic heterocycles. The van der Waals surface area contributed by atoms with E-state index in [9.17, 15) is 0 Å². The van der Waals surface area contributed by atoms with Crippen molar-refractivity contribution in [2.75, 3.05) is 0 Å². The summed E-state index contributed by atoms with van der Waals surface area (Å²) in [5.41, 5.74) is 12.5. The van der Waals surface area contributed by atoms with Crippen LogP contribution in [0.25, 0.3) is 67.2 Å². The zero-order valence-electron chi connectivity index (χ0n) is 28.9. The van der Waals surface area contributed by atoms with Gasteiger partial charge in [-0.2, -0.15) is 0 Å². The molecule has 10 rings (SSSR count). The molecule has 53 heavy (non-hydrogen) atoms. The minimum atomic E-state index is -0.429. The Balaban J connectivity index is 1.11. The maximum Gasteiger partial charge on any atom is 0.164 e. The summed E-state index contributed by atoms with van der Waals surface area (Å²) in [6.45, 7) is 0. The molecular weight excluding hydrogens is 643 g/mol. The second kappa shape index (κ2) is 12.7. The SMILES string of the molecule is c1ccc(-c2nc(-c3ccccc3)nc(-c3ccc(-c4cccc5cc6c(cc45)-c4ccccc4C6(c4ccccc4)c4ccccc4)cc3)n2)cc1. The highest BCUT2D eigenvalue weighted by atomic mass is 15.0. The molecule has 9 aromatic rings. The highest BCUT2D eigenvalue weighted by Gasteiger charge is 2.46. The van der Waals surface area contributed by atoms with Crippen LogP contribution in [0.3, 0.4) is 0 Å². The van der Waals surface area contributed by atoms with Crippen molar-refractivity contribution >= 4 is 10.8 Å². The topological polar surface area (TPSA) is 38.7 Å². The lowest BCUT2D eigenvalue weighted by Crippen LogP contribution is -2.28. The molecule has 3 nitrogen and oxygen atoms in total. The Morgan fingerprint density at radius 2 is 0.755 bits per heavy atom. The largest absolute Gasteiger partial charge is 0.208 e. The molecule has 1 heterocycles. The van der Waals surface area contributed by atoms with Gasteiger partial charge in [0.15, 0.2) is 17.5 Å². The third-order valence-electron chi connectivity index (χ3n) is 10.6. The van der Waals surface area contributed by atoms with Gasteiger partial charge in [0, 0.05) is 16.7 Å². The third kappa shape index (κ3) is 5.09. The van der Waals surface area contributed by atoms with Crippen LogP contribution in [0.1, 0.15) is 22.3 Å². The standard InChI is InChI=1S/C50H33N3/c1-5-16-35(17-6-1)47-51-48(36-18-7-2-8-19-36)53-49(52-47)37-30-28-34(29-31-37)41-26-15-20-38-32-46-44(33-43(38)41)42-25-13-14-27-45(42)50(46,39-21-9-3-10-22-39)40-23-11-4-12-24-40/h1-33H. The number of rotatable bonds is 6. The van der Waals surface area contributed by atoms with Crippen molar-refractivity contribution in [2.24, 2.45) is 0 Å². The van der Waals surface area contributed by atoms with Crippen molar-refractivity contribution in [3.05, 3.63) is 222 Å². The van der Waals surface area contributed by atoms with Gasteiger partial charge in [-0.15, -0.1) is 0 Å². The predicted molar refractivity (Wildman–Crippen MR) is 216 cm³/mol. The lowest BCUT2D eigenvalue weighted by molar-refractivity contribution is 0.769. The first-order valence-electron chi connectivity index (χ1n) is 18.0. The van der Waals surface area contributed by atoms with E-state index >= 15 is 0 Å². The van der Waals surface area contributed by atoms with Crippen molar-refractivity contribution in [2.45, 2.75) is 5.41 Å². The normalized spacial score (nSPS) is 12.7. The van der Waals surface area contributed by atoms with Crippen molar-refractivity contribution in [3.63, 3.8) is 0 Å². The van der Waals surface area contributed by atoms with Gasteiger partial charge in [0.2, 0.25) is 0 Å². The van der Waals surface area contributed by atoms with Crippen molar-refractivity contribution in [1.82, 2.24) is 15.0 Å². The molecule has 0 bridgehead atoms. The van der Waals surface area contributed by atoms with Crippen LogP contribution >= 0.6 is 0 Å².